The number of phosphoric ester groups is 2. The molecule has 1 saturated heterocycles. The monoisotopic (exact) mass is 468 g/mol. The average molecular weight is 468 g/mol. The van der Waals surface area contributed by atoms with Gasteiger partial charge in [-0.15, -0.1) is 0 Å². The van der Waals surface area contributed by atoms with Crippen LogP contribution in [-0.2, 0) is 41.1 Å². The third-order valence-electron chi connectivity index (χ3n) is 3.55. The van der Waals surface area contributed by atoms with Gasteiger partial charge in [0.05, 0.1) is 38.6 Å². The Morgan fingerprint density at radius 2 is 1.46 bits per heavy atom. The lowest BCUT2D eigenvalue weighted by Gasteiger charge is -2.19. The molecule has 0 radical (unpaired) electrons. The number of rotatable bonds is 14. The second-order valence-electron chi connectivity index (χ2n) is 6.30. The summed E-state index contributed by atoms with van der Waals surface area (Å²) in [5.41, 5.74) is 0. The Morgan fingerprint density at radius 3 is 1.93 bits per heavy atom. The van der Waals surface area contributed by atoms with Crippen LogP contribution < -0.4 is 0 Å². The molecule has 5 unspecified atom stereocenters. The van der Waals surface area contributed by atoms with E-state index in [0.717, 1.165) is 0 Å². The van der Waals surface area contributed by atoms with Crippen LogP contribution >= 0.6 is 23.2 Å². The van der Waals surface area contributed by atoms with E-state index in [0.29, 0.717) is 6.42 Å². The van der Waals surface area contributed by atoms with E-state index in [1.54, 1.807) is 6.92 Å². The van der Waals surface area contributed by atoms with Crippen molar-refractivity contribution in [2.45, 2.75) is 44.4 Å². The van der Waals surface area contributed by atoms with E-state index in [2.05, 4.69) is 4.52 Å². The lowest BCUT2D eigenvalue weighted by Crippen LogP contribution is -2.20. The van der Waals surface area contributed by atoms with Gasteiger partial charge in [0.25, 0.3) is 0 Å². The van der Waals surface area contributed by atoms with Gasteiger partial charge in [-0.2, -0.15) is 0 Å². The Hall–Kier alpha value is 0.395. The molecule has 0 aliphatic carbocycles. The van der Waals surface area contributed by atoms with Crippen molar-refractivity contribution >= 4 is 31.1 Å². The van der Waals surface area contributed by atoms with E-state index in [-0.39, 0.29) is 51.4 Å². The highest BCUT2D eigenvalue weighted by Gasteiger charge is 2.36. The molecule has 0 amide bonds. The predicted octanol–water partition coefficient (Wildman–Crippen LogP) is 1.00. The van der Waals surface area contributed by atoms with Gasteiger partial charge in [0.1, 0.15) is 7.85 Å². The molecule has 1 fully saturated rings. The van der Waals surface area contributed by atoms with Crippen LogP contribution in [0.4, 0.5) is 0 Å². The Labute approximate surface area is 165 Å². The fourth-order valence-corrected chi connectivity index (χ4v) is 4.72. The first-order chi connectivity index (χ1) is 12.8. The molecule has 1 aliphatic heterocycles. The third kappa shape index (κ3) is 12.2. The first-order valence-electron chi connectivity index (χ1n) is 8.67. The Morgan fingerprint density at radius 1 is 0.964 bits per heavy atom. The van der Waals surface area contributed by atoms with Gasteiger partial charge in [0.2, 0.25) is 0 Å². The predicted molar refractivity (Wildman–Crippen MR) is 101 cm³/mol. The molecule has 0 bridgehead atoms. The van der Waals surface area contributed by atoms with Crippen molar-refractivity contribution in [3.63, 3.8) is 0 Å². The maximum atomic E-state index is 12.0. The molecule has 1 heterocycles. The molecule has 0 aromatic carbocycles. The molecule has 0 aromatic heterocycles. The highest BCUT2D eigenvalue weighted by atomic mass is 31.2. The third-order valence-corrected chi connectivity index (χ3v) is 6.41. The van der Waals surface area contributed by atoms with Gasteiger partial charge in [0, 0.05) is 12.7 Å². The molecule has 28 heavy (non-hydrogen) atoms. The van der Waals surface area contributed by atoms with Crippen LogP contribution in [0.1, 0.15) is 26.2 Å². The summed E-state index contributed by atoms with van der Waals surface area (Å²) in [6.07, 6.45) is -0.0573. The Bertz CT molecular complexity index is 613. The fourth-order valence-electron chi connectivity index (χ4n) is 2.34. The van der Waals surface area contributed by atoms with Crippen molar-refractivity contribution in [1.82, 2.24) is 0 Å². The topological polar surface area (TPSA) is 167 Å². The van der Waals surface area contributed by atoms with Crippen LogP contribution in [-0.4, -0.2) is 73.8 Å². The SMILES string of the molecule is BC1CC(OP(=O)(O)OCCCOP(C)(=O)OCCCOP(=O)(O)O)C(C)O1. The molecule has 0 spiro atoms. The first-order valence-corrected chi connectivity index (χ1v) is 13.7. The minimum absolute atomic E-state index is 0.0489. The van der Waals surface area contributed by atoms with E-state index in [1.807, 2.05) is 7.85 Å². The van der Waals surface area contributed by atoms with Crippen molar-refractivity contribution in [3.05, 3.63) is 0 Å². The van der Waals surface area contributed by atoms with Gasteiger partial charge < -0.3 is 28.5 Å². The van der Waals surface area contributed by atoms with Gasteiger partial charge in [-0.05, 0) is 26.2 Å². The summed E-state index contributed by atoms with van der Waals surface area (Å²) in [6, 6.07) is -0.0598. The van der Waals surface area contributed by atoms with E-state index in [4.69, 9.17) is 32.6 Å². The van der Waals surface area contributed by atoms with E-state index in [1.165, 1.54) is 6.66 Å². The van der Waals surface area contributed by atoms with Crippen LogP contribution in [0.2, 0.25) is 0 Å². The van der Waals surface area contributed by atoms with E-state index >= 15 is 0 Å². The van der Waals surface area contributed by atoms with Crippen molar-refractivity contribution in [1.29, 1.82) is 0 Å². The number of hydrogen-bond donors (Lipinski definition) is 3. The molecule has 3 N–H and O–H groups in total. The van der Waals surface area contributed by atoms with Crippen LogP contribution in [0.3, 0.4) is 0 Å². The minimum atomic E-state index is -4.53. The maximum Gasteiger partial charge on any atom is 0.472 e. The minimum Gasteiger partial charge on any atom is -0.381 e. The largest absolute Gasteiger partial charge is 0.472 e. The zero-order chi connectivity index (χ0) is 21.4. The molecule has 0 saturated carbocycles. The molecule has 1 rings (SSSR count). The lowest BCUT2D eigenvalue weighted by molar-refractivity contribution is 0.0343. The van der Waals surface area contributed by atoms with Gasteiger partial charge in [0.15, 0.2) is 0 Å². The van der Waals surface area contributed by atoms with Crippen LogP contribution in [0.15, 0.2) is 0 Å². The van der Waals surface area contributed by atoms with Crippen LogP contribution in [0, 0.1) is 0 Å². The van der Waals surface area contributed by atoms with Crippen molar-refractivity contribution in [2.75, 3.05) is 33.1 Å². The Kier molecular flexibility index (Phi) is 11.0. The van der Waals surface area contributed by atoms with E-state index in [9.17, 15) is 18.6 Å². The summed E-state index contributed by atoms with van der Waals surface area (Å²) in [4.78, 5) is 26.7. The molecule has 1 aliphatic rings. The molecular formula is C12H28BO12P3. The summed E-state index contributed by atoms with van der Waals surface area (Å²) in [5, 5.41) is 0. The first kappa shape index (κ1) is 26.4. The second kappa shape index (κ2) is 11.7. The number of hydrogen-bond acceptors (Lipinski definition) is 9. The summed E-state index contributed by atoms with van der Waals surface area (Å²) in [6.45, 7) is 2.45. The van der Waals surface area contributed by atoms with Crippen molar-refractivity contribution in [3.8, 4) is 0 Å². The lowest BCUT2D eigenvalue weighted by atomic mass is 9.96. The van der Waals surface area contributed by atoms with Crippen LogP contribution in [0.25, 0.3) is 0 Å². The summed E-state index contributed by atoms with van der Waals surface area (Å²) >= 11 is 0. The van der Waals surface area contributed by atoms with E-state index < -0.39 is 29.3 Å². The molecule has 5 atom stereocenters. The highest BCUT2D eigenvalue weighted by Crippen LogP contribution is 2.47. The second-order valence-corrected chi connectivity index (χ2v) is 11.0. The molecule has 12 nitrogen and oxygen atoms in total. The number of phosphoric acid groups is 2. The average Bonchev–Trinajstić information content (AvgIpc) is 2.82. The van der Waals surface area contributed by atoms with Crippen LogP contribution in [0.5, 0.6) is 0 Å². The van der Waals surface area contributed by atoms with Gasteiger partial charge in [-0.1, -0.05) is 0 Å². The zero-order valence-electron chi connectivity index (χ0n) is 16.0. The smallest absolute Gasteiger partial charge is 0.381 e. The van der Waals surface area contributed by atoms with Gasteiger partial charge in [-0.25, -0.2) is 9.13 Å². The highest BCUT2D eigenvalue weighted by molar-refractivity contribution is 7.53. The summed E-state index contributed by atoms with van der Waals surface area (Å²) in [5.74, 6) is 0. The zero-order valence-corrected chi connectivity index (χ0v) is 18.7. The molecule has 0 aromatic rings. The molecule has 16 heteroatoms. The maximum absolute atomic E-state index is 12.0. The van der Waals surface area contributed by atoms with Crippen molar-refractivity contribution < 1.29 is 55.7 Å². The van der Waals surface area contributed by atoms with Gasteiger partial charge in [-0.3, -0.25) is 18.1 Å². The Balaban J connectivity index is 2.15. The molecular weight excluding hydrogens is 440 g/mol. The quantitative estimate of drug-likeness (QED) is 0.188. The fraction of sp³-hybridized carbons (Fsp3) is 1.00. The van der Waals surface area contributed by atoms with Gasteiger partial charge >= 0.3 is 23.2 Å². The summed E-state index contributed by atoms with van der Waals surface area (Å²) in [7, 11) is -10.3. The molecule has 166 valence electrons. The number of ether oxygens (including phenoxy) is 1. The standard InChI is InChI=1S/C12H28BO12P3/c1-10-11(9-12(13)24-10)25-28(18,19)23-8-4-6-21-26(2,14)20-5-3-7-22-27(15,16)17/h10-12H,3-9,13H2,1-2H3,(H,18,19)(H2,15,16,17). The van der Waals surface area contributed by atoms with Crippen molar-refractivity contribution in [2.24, 2.45) is 0 Å². The summed E-state index contributed by atoms with van der Waals surface area (Å²) < 4.78 is 64.1. The normalized spacial score (nSPS) is 27.4.